The van der Waals surface area contributed by atoms with Crippen LogP contribution in [-0.4, -0.2) is 22.9 Å². The van der Waals surface area contributed by atoms with Crippen molar-refractivity contribution < 1.29 is 4.79 Å². The lowest BCUT2D eigenvalue weighted by molar-refractivity contribution is -0.131. The number of hydrogen-bond acceptors (Lipinski definition) is 3. The highest BCUT2D eigenvalue weighted by Crippen LogP contribution is 2.42. The van der Waals surface area contributed by atoms with Crippen molar-refractivity contribution in [2.24, 2.45) is 5.92 Å². The maximum atomic E-state index is 12.6. The summed E-state index contributed by atoms with van der Waals surface area (Å²) in [5.41, 5.74) is 1.25. The van der Waals surface area contributed by atoms with Gasteiger partial charge in [-0.1, -0.05) is 26.7 Å². The third-order valence-electron chi connectivity index (χ3n) is 4.32. The van der Waals surface area contributed by atoms with E-state index in [2.05, 4.69) is 40.9 Å². The van der Waals surface area contributed by atoms with Crippen molar-refractivity contribution in [1.82, 2.24) is 10.2 Å². The Bertz CT molecular complexity index is 445. The molecule has 4 atom stereocenters. The van der Waals surface area contributed by atoms with Crippen molar-refractivity contribution in [3.8, 4) is 0 Å². The zero-order chi connectivity index (χ0) is 13.4. The predicted octanol–water partition coefficient (Wildman–Crippen LogP) is 3.15. The highest BCUT2D eigenvalue weighted by molar-refractivity contribution is 7.07. The Kier molecular flexibility index (Phi) is 3.63. The molecule has 1 aromatic rings. The van der Waals surface area contributed by atoms with Gasteiger partial charge in [0, 0.05) is 6.04 Å². The van der Waals surface area contributed by atoms with E-state index in [-0.39, 0.29) is 12.2 Å². The molecule has 0 radical (unpaired) electrons. The summed E-state index contributed by atoms with van der Waals surface area (Å²) in [5.74, 6) is 0.982. The van der Waals surface area contributed by atoms with E-state index in [1.165, 1.54) is 5.56 Å². The lowest BCUT2D eigenvalue weighted by Crippen LogP contribution is -2.33. The largest absolute Gasteiger partial charge is 0.318 e. The van der Waals surface area contributed by atoms with Crippen LogP contribution in [0.5, 0.6) is 0 Å². The molecular formula is C15H22N2OS. The number of carbonyl (C=O) groups is 1. The molecule has 2 heterocycles. The average molecular weight is 278 g/mol. The van der Waals surface area contributed by atoms with Crippen LogP contribution >= 0.6 is 11.3 Å². The fraction of sp³-hybridized carbons (Fsp3) is 0.667. The quantitative estimate of drug-likeness (QED) is 0.897. The Labute approximate surface area is 119 Å². The van der Waals surface area contributed by atoms with Crippen molar-refractivity contribution in [1.29, 1.82) is 0 Å². The van der Waals surface area contributed by atoms with Gasteiger partial charge in [-0.15, -0.1) is 0 Å². The van der Waals surface area contributed by atoms with E-state index in [0.717, 1.165) is 25.7 Å². The molecular weight excluding hydrogens is 256 g/mol. The van der Waals surface area contributed by atoms with Crippen LogP contribution in [0.3, 0.4) is 0 Å². The molecule has 1 aliphatic heterocycles. The molecule has 2 aliphatic rings. The molecule has 19 heavy (non-hydrogen) atoms. The van der Waals surface area contributed by atoms with E-state index in [1.807, 2.05) is 0 Å². The molecule has 1 aliphatic carbocycles. The third kappa shape index (κ3) is 2.43. The molecule has 4 unspecified atom stereocenters. The molecule has 4 heteroatoms. The summed E-state index contributed by atoms with van der Waals surface area (Å²) in [4.78, 5) is 14.7. The van der Waals surface area contributed by atoms with Crippen LogP contribution in [0.25, 0.3) is 0 Å². The Morgan fingerprint density at radius 1 is 1.53 bits per heavy atom. The van der Waals surface area contributed by atoms with E-state index in [9.17, 15) is 4.79 Å². The van der Waals surface area contributed by atoms with Gasteiger partial charge in [-0.05, 0) is 41.1 Å². The van der Waals surface area contributed by atoms with Gasteiger partial charge in [0.25, 0.3) is 0 Å². The van der Waals surface area contributed by atoms with Gasteiger partial charge in [0.05, 0.1) is 6.04 Å². The van der Waals surface area contributed by atoms with Gasteiger partial charge in [0.2, 0.25) is 5.91 Å². The summed E-state index contributed by atoms with van der Waals surface area (Å²) in [6, 6.07) is 2.62. The van der Waals surface area contributed by atoms with Gasteiger partial charge < -0.3 is 4.90 Å². The van der Waals surface area contributed by atoms with Crippen LogP contribution in [0.4, 0.5) is 0 Å². The second-order valence-corrected chi connectivity index (χ2v) is 6.63. The van der Waals surface area contributed by atoms with Crippen LogP contribution in [-0.2, 0) is 4.79 Å². The average Bonchev–Trinajstić information content (AvgIpc) is 2.84. The molecule has 1 saturated heterocycles. The SMILES string of the molecule is CCCCC1NC(c2ccsc2)N(C2CC2C)C1=O. The molecule has 0 aromatic carbocycles. The number of hydrogen-bond donors (Lipinski definition) is 1. The van der Waals surface area contributed by atoms with E-state index in [4.69, 9.17) is 0 Å². The Morgan fingerprint density at radius 3 is 2.89 bits per heavy atom. The first-order valence-corrected chi connectivity index (χ1v) is 8.27. The number of rotatable bonds is 5. The molecule has 1 amide bonds. The Morgan fingerprint density at radius 2 is 2.32 bits per heavy atom. The van der Waals surface area contributed by atoms with Crippen molar-refractivity contribution in [2.45, 2.75) is 57.8 Å². The van der Waals surface area contributed by atoms with Crippen molar-refractivity contribution in [2.75, 3.05) is 0 Å². The fourth-order valence-corrected chi connectivity index (χ4v) is 3.68. The second-order valence-electron chi connectivity index (χ2n) is 5.85. The number of thiophene rings is 1. The van der Waals surface area contributed by atoms with E-state index < -0.39 is 0 Å². The van der Waals surface area contributed by atoms with Gasteiger partial charge in [0.15, 0.2) is 0 Å². The van der Waals surface area contributed by atoms with Crippen molar-refractivity contribution >= 4 is 17.2 Å². The molecule has 0 spiro atoms. The summed E-state index contributed by atoms with van der Waals surface area (Å²) >= 11 is 1.70. The minimum atomic E-state index is 0.0256. The molecule has 3 nitrogen and oxygen atoms in total. The zero-order valence-electron chi connectivity index (χ0n) is 11.6. The first-order valence-electron chi connectivity index (χ1n) is 7.32. The van der Waals surface area contributed by atoms with Gasteiger partial charge in [-0.2, -0.15) is 11.3 Å². The monoisotopic (exact) mass is 278 g/mol. The number of amides is 1. The minimum absolute atomic E-state index is 0.0256. The summed E-state index contributed by atoms with van der Waals surface area (Å²) in [6.45, 7) is 4.42. The van der Waals surface area contributed by atoms with Crippen LogP contribution in [0.1, 0.15) is 51.3 Å². The number of unbranched alkanes of at least 4 members (excludes halogenated alkanes) is 1. The van der Waals surface area contributed by atoms with Crippen LogP contribution in [0, 0.1) is 5.92 Å². The predicted molar refractivity (Wildman–Crippen MR) is 77.9 cm³/mol. The molecule has 1 aromatic heterocycles. The highest BCUT2D eigenvalue weighted by atomic mass is 32.1. The standard InChI is InChI=1S/C15H22N2OS/c1-3-4-5-12-15(18)17(13-8-10(13)2)14(16-12)11-6-7-19-9-11/h6-7,9-10,12-14,16H,3-5,8H2,1-2H3. The van der Waals surface area contributed by atoms with Crippen LogP contribution in [0.15, 0.2) is 16.8 Å². The topological polar surface area (TPSA) is 32.3 Å². The third-order valence-corrected chi connectivity index (χ3v) is 5.02. The van der Waals surface area contributed by atoms with Gasteiger partial charge in [-0.25, -0.2) is 0 Å². The molecule has 2 fully saturated rings. The highest BCUT2D eigenvalue weighted by Gasteiger charge is 2.49. The molecule has 104 valence electrons. The van der Waals surface area contributed by atoms with Crippen molar-refractivity contribution in [3.05, 3.63) is 22.4 Å². The van der Waals surface area contributed by atoms with Gasteiger partial charge >= 0.3 is 0 Å². The maximum absolute atomic E-state index is 12.6. The van der Waals surface area contributed by atoms with Crippen molar-refractivity contribution in [3.63, 3.8) is 0 Å². The number of carbonyl (C=O) groups excluding carboxylic acids is 1. The first kappa shape index (κ1) is 13.1. The van der Waals surface area contributed by atoms with E-state index in [1.54, 1.807) is 11.3 Å². The smallest absolute Gasteiger partial charge is 0.241 e. The maximum Gasteiger partial charge on any atom is 0.241 e. The Balaban J connectivity index is 1.79. The van der Waals surface area contributed by atoms with E-state index >= 15 is 0 Å². The summed E-state index contributed by atoms with van der Waals surface area (Å²) < 4.78 is 0. The second kappa shape index (κ2) is 5.25. The molecule has 1 saturated carbocycles. The van der Waals surface area contributed by atoms with E-state index in [0.29, 0.717) is 17.9 Å². The fourth-order valence-electron chi connectivity index (χ4n) is 3.00. The summed E-state index contributed by atoms with van der Waals surface area (Å²) in [6.07, 6.45) is 4.50. The van der Waals surface area contributed by atoms with Crippen LogP contribution in [0.2, 0.25) is 0 Å². The Hall–Kier alpha value is -0.870. The number of nitrogens with zero attached hydrogens (tertiary/aromatic N) is 1. The summed E-state index contributed by atoms with van der Waals surface area (Å²) in [5, 5.41) is 7.81. The molecule has 1 N–H and O–H groups in total. The van der Waals surface area contributed by atoms with Gasteiger partial charge in [0.1, 0.15) is 6.17 Å². The summed E-state index contributed by atoms with van der Waals surface area (Å²) in [7, 11) is 0. The first-order chi connectivity index (χ1) is 9.22. The molecule has 0 bridgehead atoms. The zero-order valence-corrected chi connectivity index (χ0v) is 12.5. The normalized spacial score (nSPS) is 34.0. The number of nitrogens with one attached hydrogen (secondary N) is 1. The lowest BCUT2D eigenvalue weighted by Gasteiger charge is -2.23. The van der Waals surface area contributed by atoms with Gasteiger partial charge in [-0.3, -0.25) is 10.1 Å². The molecule has 3 rings (SSSR count). The minimum Gasteiger partial charge on any atom is -0.318 e. The lowest BCUT2D eigenvalue weighted by atomic mass is 10.1. The van der Waals surface area contributed by atoms with Crippen LogP contribution < -0.4 is 5.32 Å².